The van der Waals surface area contributed by atoms with Crippen LogP contribution in [0, 0.1) is 34.3 Å². The maximum Gasteiger partial charge on any atom is 0.335 e. The summed E-state index contributed by atoms with van der Waals surface area (Å²) in [6.45, 7) is 1.84. The van der Waals surface area contributed by atoms with Crippen LogP contribution in [-0.2, 0) is 15.2 Å². The first-order valence-electron chi connectivity index (χ1n) is 11.3. The number of nitro groups is 1. The van der Waals surface area contributed by atoms with E-state index in [0.29, 0.717) is 23.1 Å². The van der Waals surface area contributed by atoms with Crippen molar-refractivity contribution >= 4 is 23.2 Å². The molecule has 0 aliphatic heterocycles. The second-order valence-electron chi connectivity index (χ2n) is 10.2. The van der Waals surface area contributed by atoms with Gasteiger partial charge in [-0.15, -0.1) is 0 Å². The number of rotatable bonds is 6. The summed E-state index contributed by atoms with van der Waals surface area (Å²) in [5.41, 5.74) is 13.5. The summed E-state index contributed by atoms with van der Waals surface area (Å²) in [6, 6.07) is 5.33. The Morgan fingerprint density at radius 2 is 2.06 bits per heavy atom. The van der Waals surface area contributed by atoms with Gasteiger partial charge in [0.05, 0.1) is 16.9 Å². The van der Waals surface area contributed by atoms with E-state index in [0.717, 1.165) is 44.1 Å². The number of amidine groups is 1. The molecule has 4 saturated carbocycles. The standard InChI is InChI=1S/C23H28N6O4/c1-14-18(3-2-4-19(14)24)21(25)27-33-20(30)10-22-6-15-5-16(7-22)9-23(8-15,13-22)28-12-17(11-26-28)29(31)32/h2-4,11-12,15-16H,5-10,13,24H2,1H3,(H2,25,27). The summed E-state index contributed by atoms with van der Waals surface area (Å²) < 4.78 is 1.79. The molecule has 1 aromatic carbocycles. The molecular weight excluding hydrogens is 424 g/mol. The topological polar surface area (TPSA) is 152 Å². The summed E-state index contributed by atoms with van der Waals surface area (Å²) in [7, 11) is 0. The predicted molar refractivity (Wildman–Crippen MR) is 121 cm³/mol. The van der Waals surface area contributed by atoms with E-state index in [-0.39, 0.29) is 28.9 Å². The van der Waals surface area contributed by atoms with Crippen LogP contribution in [0.15, 0.2) is 35.7 Å². The number of nitrogens with two attached hydrogens (primary N) is 2. The largest absolute Gasteiger partial charge is 0.398 e. The monoisotopic (exact) mass is 452 g/mol. The van der Waals surface area contributed by atoms with Crippen LogP contribution < -0.4 is 11.5 Å². The lowest BCUT2D eigenvalue weighted by atomic mass is 9.46. The highest BCUT2D eigenvalue weighted by Gasteiger charge is 2.59. The van der Waals surface area contributed by atoms with Crippen LogP contribution in [0.5, 0.6) is 0 Å². The summed E-state index contributed by atoms with van der Waals surface area (Å²) >= 11 is 0. The fraction of sp³-hybridized carbons (Fsp3) is 0.522. The van der Waals surface area contributed by atoms with Gasteiger partial charge < -0.3 is 16.3 Å². The van der Waals surface area contributed by atoms with E-state index < -0.39 is 10.9 Å². The third-order valence-corrected chi connectivity index (χ3v) is 7.83. The molecule has 10 heteroatoms. The van der Waals surface area contributed by atoms with Crippen LogP contribution in [0.25, 0.3) is 0 Å². The number of hydrogen-bond acceptors (Lipinski definition) is 7. The molecule has 4 fully saturated rings. The fourth-order valence-corrected chi connectivity index (χ4v) is 6.96. The highest BCUT2D eigenvalue weighted by Crippen LogP contribution is 2.65. The average Bonchev–Trinajstić information content (AvgIpc) is 3.24. The van der Waals surface area contributed by atoms with E-state index in [4.69, 9.17) is 16.3 Å². The molecule has 4 N–H and O–H groups in total. The minimum absolute atomic E-state index is 0.000796. The summed E-state index contributed by atoms with van der Waals surface area (Å²) in [5, 5.41) is 19.4. The first-order valence-corrected chi connectivity index (χ1v) is 11.3. The Kier molecular flexibility index (Phi) is 4.91. The van der Waals surface area contributed by atoms with Crippen LogP contribution in [0.4, 0.5) is 11.4 Å². The van der Waals surface area contributed by atoms with E-state index in [1.54, 1.807) is 22.9 Å². The molecule has 2 aromatic rings. The Hall–Kier alpha value is -3.43. The molecule has 4 aliphatic rings. The summed E-state index contributed by atoms with van der Waals surface area (Å²) in [5.74, 6) is 0.652. The average molecular weight is 453 g/mol. The highest BCUT2D eigenvalue weighted by molar-refractivity contribution is 5.99. The van der Waals surface area contributed by atoms with Crippen molar-refractivity contribution in [3.05, 3.63) is 51.8 Å². The quantitative estimate of drug-likeness (QED) is 0.170. The van der Waals surface area contributed by atoms with Crippen LogP contribution in [0.2, 0.25) is 0 Å². The number of carbonyl (C=O) groups excluding carboxylic acids is 1. The molecule has 1 heterocycles. The zero-order chi connectivity index (χ0) is 23.4. The molecule has 4 aliphatic carbocycles. The number of hydrogen-bond donors (Lipinski definition) is 2. The summed E-state index contributed by atoms with van der Waals surface area (Å²) in [4.78, 5) is 28.8. The van der Waals surface area contributed by atoms with Gasteiger partial charge in [0, 0.05) is 11.3 Å². The van der Waals surface area contributed by atoms with Crippen LogP contribution >= 0.6 is 0 Å². The second kappa shape index (κ2) is 7.57. The fourth-order valence-electron chi connectivity index (χ4n) is 6.96. The predicted octanol–water partition coefficient (Wildman–Crippen LogP) is 3.23. The van der Waals surface area contributed by atoms with Gasteiger partial charge in [0.25, 0.3) is 0 Å². The first kappa shape index (κ1) is 21.4. The number of anilines is 1. The van der Waals surface area contributed by atoms with Gasteiger partial charge in [-0.25, -0.2) is 4.79 Å². The van der Waals surface area contributed by atoms with Crippen molar-refractivity contribution in [2.75, 3.05) is 5.73 Å². The van der Waals surface area contributed by atoms with E-state index in [1.165, 1.54) is 12.4 Å². The SMILES string of the molecule is Cc1c(N)cccc1/C(N)=N/OC(=O)CC12CC3CC(C1)CC(n1cc([N+](=O)[O-])cn1)(C3)C2. The lowest BCUT2D eigenvalue weighted by molar-refractivity contribution is -0.385. The highest BCUT2D eigenvalue weighted by atomic mass is 16.7. The van der Waals surface area contributed by atoms with Crippen LogP contribution in [0.1, 0.15) is 56.1 Å². The van der Waals surface area contributed by atoms with Gasteiger partial charge in [0.2, 0.25) is 0 Å². The van der Waals surface area contributed by atoms with Gasteiger partial charge in [-0.05, 0) is 74.3 Å². The van der Waals surface area contributed by atoms with Gasteiger partial charge in [0.1, 0.15) is 12.4 Å². The molecule has 0 amide bonds. The van der Waals surface area contributed by atoms with Crippen molar-refractivity contribution in [2.45, 2.75) is 57.4 Å². The molecule has 33 heavy (non-hydrogen) atoms. The molecule has 174 valence electrons. The summed E-state index contributed by atoms with van der Waals surface area (Å²) in [6.07, 6.45) is 8.80. The molecule has 1 aromatic heterocycles. The number of carbonyl (C=O) groups is 1. The third-order valence-electron chi connectivity index (χ3n) is 7.83. The number of aromatic nitrogens is 2. The molecule has 6 rings (SSSR count). The number of nitrogens with zero attached hydrogens (tertiary/aromatic N) is 4. The smallest absolute Gasteiger partial charge is 0.335 e. The van der Waals surface area contributed by atoms with Crippen molar-refractivity contribution in [1.29, 1.82) is 0 Å². The van der Waals surface area contributed by atoms with Gasteiger partial charge >= 0.3 is 11.7 Å². The van der Waals surface area contributed by atoms with E-state index in [9.17, 15) is 14.9 Å². The molecule has 4 bridgehead atoms. The Labute approximate surface area is 191 Å². The Bertz CT molecular complexity index is 1140. The Morgan fingerprint density at radius 3 is 2.73 bits per heavy atom. The van der Waals surface area contributed by atoms with E-state index in [2.05, 4.69) is 10.3 Å². The maximum atomic E-state index is 12.8. The van der Waals surface area contributed by atoms with Crippen LogP contribution in [0.3, 0.4) is 0 Å². The van der Waals surface area contributed by atoms with E-state index >= 15 is 0 Å². The normalized spacial score (nSPS) is 30.4. The first-order chi connectivity index (χ1) is 15.7. The molecule has 10 nitrogen and oxygen atoms in total. The molecule has 0 saturated heterocycles. The number of nitrogen functional groups attached to an aromatic ring is 1. The van der Waals surface area contributed by atoms with Crippen molar-refractivity contribution < 1.29 is 14.6 Å². The number of oxime groups is 1. The molecule has 2 atom stereocenters. The molecule has 2 unspecified atom stereocenters. The molecule has 0 radical (unpaired) electrons. The lowest BCUT2D eigenvalue weighted by Gasteiger charge is -2.61. The second-order valence-corrected chi connectivity index (χ2v) is 10.2. The molecule has 0 spiro atoms. The van der Waals surface area contributed by atoms with Gasteiger partial charge in [-0.3, -0.25) is 14.8 Å². The van der Waals surface area contributed by atoms with Gasteiger partial charge in [-0.1, -0.05) is 17.3 Å². The number of benzene rings is 1. The zero-order valence-corrected chi connectivity index (χ0v) is 18.6. The van der Waals surface area contributed by atoms with E-state index in [1.807, 2.05) is 6.92 Å². The third kappa shape index (κ3) is 3.73. The van der Waals surface area contributed by atoms with Gasteiger partial charge in [0.15, 0.2) is 5.84 Å². The lowest BCUT2D eigenvalue weighted by Crippen LogP contribution is -2.57. The zero-order valence-electron chi connectivity index (χ0n) is 18.6. The van der Waals surface area contributed by atoms with Crippen molar-refractivity contribution in [1.82, 2.24) is 9.78 Å². The minimum atomic E-state index is -0.415. The minimum Gasteiger partial charge on any atom is -0.398 e. The Morgan fingerprint density at radius 1 is 1.33 bits per heavy atom. The van der Waals surface area contributed by atoms with Gasteiger partial charge in [-0.2, -0.15) is 5.10 Å². The van der Waals surface area contributed by atoms with Crippen molar-refractivity contribution in [3.63, 3.8) is 0 Å². The Balaban J connectivity index is 1.33. The van der Waals surface area contributed by atoms with Crippen molar-refractivity contribution in [2.24, 2.45) is 28.1 Å². The maximum absolute atomic E-state index is 12.8. The van der Waals surface area contributed by atoms with Crippen molar-refractivity contribution in [3.8, 4) is 0 Å². The van der Waals surface area contributed by atoms with Crippen LogP contribution in [-0.4, -0.2) is 26.5 Å². The molecular formula is C23H28N6O4.